The predicted molar refractivity (Wildman–Crippen MR) is 80.4 cm³/mol. The van der Waals surface area contributed by atoms with Gasteiger partial charge in [-0.25, -0.2) is 0 Å². The number of β-amino-alcohol motifs (C(OH)–C–C–N with tert-alkyl or cyclic N) is 1. The molecule has 3 rings (SSSR count). The lowest BCUT2D eigenvalue weighted by Crippen LogP contribution is -2.40. The summed E-state index contributed by atoms with van der Waals surface area (Å²) < 4.78 is 1.00. The van der Waals surface area contributed by atoms with Crippen LogP contribution in [0.1, 0.15) is 18.4 Å². The summed E-state index contributed by atoms with van der Waals surface area (Å²) in [5.74, 6) is 0.215. The topological polar surface area (TPSA) is 61.4 Å². The highest BCUT2D eigenvalue weighted by Gasteiger charge is 2.51. The number of amides is 1. The monoisotopic (exact) mass is 338 g/mol. The van der Waals surface area contributed by atoms with Crippen LogP contribution >= 0.6 is 15.9 Å². The molecule has 1 aromatic carbocycles. The summed E-state index contributed by atoms with van der Waals surface area (Å²) in [6.45, 7) is 1.94. The Balaban J connectivity index is 1.64. The molecule has 2 unspecified atom stereocenters. The molecule has 0 radical (unpaired) electrons. The summed E-state index contributed by atoms with van der Waals surface area (Å²) in [4.78, 5) is 12.5. The van der Waals surface area contributed by atoms with E-state index in [9.17, 15) is 9.90 Å². The van der Waals surface area contributed by atoms with E-state index in [4.69, 9.17) is 0 Å². The normalized spacial score (nSPS) is 27.3. The third kappa shape index (κ3) is 2.62. The van der Waals surface area contributed by atoms with Crippen molar-refractivity contribution >= 4 is 21.8 Å². The minimum atomic E-state index is -0.351. The Morgan fingerprint density at radius 3 is 2.85 bits per heavy atom. The maximum Gasteiger partial charge on any atom is 0.230 e. The molecule has 1 aliphatic heterocycles. The third-order valence-corrected chi connectivity index (χ3v) is 4.88. The van der Waals surface area contributed by atoms with Crippen molar-refractivity contribution < 1.29 is 9.90 Å². The molecule has 1 aliphatic carbocycles. The molecule has 0 aromatic heterocycles. The van der Waals surface area contributed by atoms with E-state index in [2.05, 4.69) is 26.6 Å². The van der Waals surface area contributed by atoms with Crippen molar-refractivity contribution in [3.8, 4) is 0 Å². The van der Waals surface area contributed by atoms with Gasteiger partial charge in [-0.1, -0.05) is 28.1 Å². The molecule has 5 heteroatoms. The first-order valence-electron chi connectivity index (χ1n) is 7.05. The smallest absolute Gasteiger partial charge is 0.230 e. The number of aliphatic hydroxyl groups is 1. The van der Waals surface area contributed by atoms with Crippen LogP contribution in [0.4, 0.5) is 0 Å². The molecule has 2 aliphatic rings. The first-order chi connectivity index (χ1) is 9.62. The molecule has 20 heavy (non-hydrogen) atoms. The number of hydrogen-bond acceptors (Lipinski definition) is 3. The molecule has 1 saturated carbocycles. The van der Waals surface area contributed by atoms with Gasteiger partial charge in [0.1, 0.15) is 0 Å². The second-order valence-electron chi connectivity index (χ2n) is 5.79. The van der Waals surface area contributed by atoms with Gasteiger partial charge in [-0.2, -0.15) is 0 Å². The highest BCUT2D eigenvalue weighted by atomic mass is 79.9. The zero-order valence-corrected chi connectivity index (χ0v) is 12.8. The maximum atomic E-state index is 12.5. The minimum absolute atomic E-state index is 0.0923. The Hall–Kier alpha value is -0.910. The largest absolute Gasteiger partial charge is 0.391 e. The summed E-state index contributed by atoms with van der Waals surface area (Å²) in [6, 6.07) is 7.98. The number of carbonyl (C=O) groups is 1. The molecular weight excluding hydrogens is 320 g/mol. The van der Waals surface area contributed by atoms with E-state index in [-0.39, 0.29) is 23.3 Å². The average Bonchev–Trinajstić information content (AvgIpc) is 3.15. The lowest BCUT2D eigenvalue weighted by molar-refractivity contribution is -0.123. The van der Waals surface area contributed by atoms with E-state index in [0.29, 0.717) is 13.1 Å². The Kier molecular flexibility index (Phi) is 3.84. The molecule has 3 N–H and O–H groups in total. The number of rotatable bonds is 4. The van der Waals surface area contributed by atoms with Gasteiger partial charge in [-0.3, -0.25) is 4.79 Å². The molecule has 1 amide bonds. The highest BCUT2D eigenvalue weighted by Crippen LogP contribution is 2.48. The fourth-order valence-corrected chi connectivity index (χ4v) is 3.28. The molecular formula is C15H19BrN2O2. The number of halogens is 1. The van der Waals surface area contributed by atoms with Crippen molar-refractivity contribution in [1.82, 2.24) is 10.6 Å². The van der Waals surface area contributed by atoms with Gasteiger partial charge in [0.05, 0.1) is 11.5 Å². The third-order valence-electron chi connectivity index (χ3n) is 4.39. The number of nitrogens with one attached hydrogen (secondary N) is 2. The van der Waals surface area contributed by atoms with E-state index < -0.39 is 0 Å². The SMILES string of the molecule is O=C(NCC1CNCC1O)C1(c2cccc(Br)c2)CC1. The summed E-state index contributed by atoms with van der Waals surface area (Å²) >= 11 is 3.46. The zero-order chi connectivity index (χ0) is 14.2. The number of aliphatic hydroxyl groups excluding tert-OH is 1. The van der Waals surface area contributed by atoms with E-state index in [1.807, 2.05) is 24.3 Å². The van der Waals surface area contributed by atoms with Gasteiger partial charge in [0.25, 0.3) is 0 Å². The average molecular weight is 339 g/mol. The van der Waals surface area contributed by atoms with Crippen LogP contribution in [0.2, 0.25) is 0 Å². The standard InChI is InChI=1S/C15H19BrN2O2/c16-12-3-1-2-11(6-12)15(4-5-15)14(20)18-8-10-7-17-9-13(10)19/h1-3,6,10,13,17,19H,4-5,7-9H2,(H,18,20). The number of hydrogen-bond donors (Lipinski definition) is 3. The minimum Gasteiger partial charge on any atom is -0.391 e. The molecule has 0 spiro atoms. The van der Waals surface area contributed by atoms with Crippen LogP contribution in [-0.2, 0) is 10.2 Å². The molecule has 108 valence electrons. The van der Waals surface area contributed by atoms with Crippen molar-refractivity contribution in [2.75, 3.05) is 19.6 Å². The summed E-state index contributed by atoms with van der Waals surface area (Å²) in [5.41, 5.74) is 0.732. The van der Waals surface area contributed by atoms with Gasteiger partial charge in [-0.05, 0) is 30.5 Å². The lowest BCUT2D eigenvalue weighted by atomic mass is 9.94. The van der Waals surface area contributed by atoms with Crippen LogP contribution in [0.3, 0.4) is 0 Å². The molecule has 0 bridgehead atoms. The molecule has 2 fully saturated rings. The first kappa shape index (κ1) is 14.0. The molecule has 4 nitrogen and oxygen atoms in total. The van der Waals surface area contributed by atoms with Crippen LogP contribution in [-0.4, -0.2) is 36.8 Å². The molecule has 1 saturated heterocycles. The van der Waals surface area contributed by atoms with Gasteiger partial charge in [-0.15, -0.1) is 0 Å². The van der Waals surface area contributed by atoms with Gasteiger partial charge in [0.15, 0.2) is 0 Å². The van der Waals surface area contributed by atoms with Crippen LogP contribution in [0.15, 0.2) is 28.7 Å². The van der Waals surface area contributed by atoms with Crippen molar-refractivity contribution in [2.45, 2.75) is 24.4 Å². The van der Waals surface area contributed by atoms with Crippen LogP contribution in [0.5, 0.6) is 0 Å². The fourth-order valence-electron chi connectivity index (χ4n) is 2.88. The van der Waals surface area contributed by atoms with Crippen molar-refractivity contribution in [1.29, 1.82) is 0 Å². The van der Waals surface area contributed by atoms with Gasteiger partial charge in [0, 0.05) is 30.0 Å². The Morgan fingerprint density at radius 1 is 1.45 bits per heavy atom. The fraction of sp³-hybridized carbons (Fsp3) is 0.533. The van der Waals surface area contributed by atoms with Crippen LogP contribution in [0.25, 0.3) is 0 Å². The van der Waals surface area contributed by atoms with Gasteiger partial charge < -0.3 is 15.7 Å². The maximum absolute atomic E-state index is 12.5. The Morgan fingerprint density at radius 2 is 2.25 bits per heavy atom. The van der Waals surface area contributed by atoms with Crippen molar-refractivity contribution in [2.24, 2.45) is 5.92 Å². The highest BCUT2D eigenvalue weighted by molar-refractivity contribution is 9.10. The number of benzene rings is 1. The summed E-state index contributed by atoms with van der Waals surface area (Å²) in [7, 11) is 0. The number of carbonyl (C=O) groups excluding carboxylic acids is 1. The zero-order valence-electron chi connectivity index (χ0n) is 11.2. The molecule has 1 heterocycles. The van der Waals surface area contributed by atoms with E-state index in [1.165, 1.54) is 0 Å². The molecule has 2 atom stereocenters. The Bertz CT molecular complexity index is 516. The summed E-state index contributed by atoms with van der Waals surface area (Å²) in [5, 5.41) is 15.9. The first-order valence-corrected chi connectivity index (χ1v) is 7.84. The van der Waals surface area contributed by atoms with Crippen molar-refractivity contribution in [3.63, 3.8) is 0 Å². The quantitative estimate of drug-likeness (QED) is 0.772. The predicted octanol–water partition coefficient (Wildman–Crippen LogP) is 1.18. The van der Waals surface area contributed by atoms with E-state index in [1.54, 1.807) is 0 Å². The van der Waals surface area contributed by atoms with Crippen LogP contribution < -0.4 is 10.6 Å². The Labute approximate surface area is 127 Å². The van der Waals surface area contributed by atoms with Gasteiger partial charge >= 0.3 is 0 Å². The van der Waals surface area contributed by atoms with Crippen molar-refractivity contribution in [3.05, 3.63) is 34.3 Å². The summed E-state index contributed by atoms with van der Waals surface area (Å²) in [6.07, 6.45) is 1.46. The lowest BCUT2D eigenvalue weighted by Gasteiger charge is -2.19. The molecule has 1 aromatic rings. The van der Waals surface area contributed by atoms with Crippen LogP contribution in [0, 0.1) is 5.92 Å². The van der Waals surface area contributed by atoms with E-state index >= 15 is 0 Å². The second kappa shape index (κ2) is 5.47. The second-order valence-corrected chi connectivity index (χ2v) is 6.70. The van der Waals surface area contributed by atoms with Gasteiger partial charge in [0.2, 0.25) is 5.91 Å². The van der Waals surface area contributed by atoms with E-state index in [0.717, 1.165) is 29.4 Å².